The molecule has 6 heteroatoms. The minimum atomic E-state index is -0.111. The van der Waals surface area contributed by atoms with Crippen molar-refractivity contribution in [1.29, 1.82) is 0 Å². The molecule has 0 spiro atoms. The number of hydrogen-bond acceptors (Lipinski definition) is 4. The number of rotatable bonds is 4. The number of ether oxygens (including phenoxy) is 1. The minimum absolute atomic E-state index is 0.0221. The summed E-state index contributed by atoms with van der Waals surface area (Å²) in [5, 5.41) is 3.70. The van der Waals surface area contributed by atoms with Crippen LogP contribution in [0.2, 0.25) is 5.02 Å². The molecule has 130 valence electrons. The van der Waals surface area contributed by atoms with E-state index in [9.17, 15) is 4.79 Å². The van der Waals surface area contributed by atoms with Crippen LogP contribution >= 0.6 is 11.6 Å². The summed E-state index contributed by atoms with van der Waals surface area (Å²) in [5.41, 5.74) is 1.95. The lowest BCUT2D eigenvalue weighted by molar-refractivity contribution is -0.123. The maximum absolute atomic E-state index is 12.6. The summed E-state index contributed by atoms with van der Waals surface area (Å²) in [6.45, 7) is 2.48. The number of carbonyl (C=O) groups is 1. The van der Waals surface area contributed by atoms with E-state index in [1.165, 1.54) is 5.56 Å². The quantitative estimate of drug-likeness (QED) is 0.914. The Morgan fingerprint density at radius 1 is 1.28 bits per heavy atom. The second-order valence-electron chi connectivity index (χ2n) is 6.69. The van der Waals surface area contributed by atoms with Gasteiger partial charge in [-0.25, -0.2) is 0 Å². The van der Waals surface area contributed by atoms with E-state index in [1.54, 1.807) is 12.4 Å². The van der Waals surface area contributed by atoms with Crippen molar-refractivity contribution < 1.29 is 9.53 Å². The molecule has 3 atom stereocenters. The summed E-state index contributed by atoms with van der Waals surface area (Å²) in [4.78, 5) is 19.0. The minimum Gasteiger partial charge on any atom is -0.371 e. The Morgan fingerprint density at radius 3 is 2.88 bits per heavy atom. The van der Waals surface area contributed by atoms with Crippen LogP contribution in [0.4, 0.5) is 5.69 Å². The molecule has 2 aliphatic rings. The molecule has 0 aliphatic carbocycles. The summed E-state index contributed by atoms with van der Waals surface area (Å²) in [7, 11) is 0. The van der Waals surface area contributed by atoms with Gasteiger partial charge in [-0.05, 0) is 36.2 Å². The average Bonchev–Trinajstić information content (AvgIpc) is 2.92. The summed E-state index contributed by atoms with van der Waals surface area (Å²) in [5.74, 6) is -0.0886. The van der Waals surface area contributed by atoms with E-state index in [4.69, 9.17) is 16.3 Å². The van der Waals surface area contributed by atoms with E-state index < -0.39 is 0 Å². The van der Waals surface area contributed by atoms with Crippen LogP contribution in [0.15, 0.2) is 48.8 Å². The van der Waals surface area contributed by atoms with Crippen LogP contribution in [0.5, 0.6) is 0 Å². The Morgan fingerprint density at radius 2 is 2.12 bits per heavy atom. The summed E-state index contributed by atoms with van der Waals surface area (Å²) in [6, 6.07) is 11.6. The zero-order valence-corrected chi connectivity index (χ0v) is 14.5. The first-order chi connectivity index (χ1) is 12.2. The summed E-state index contributed by atoms with van der Waals surface area (Å²) in [6.07, 6.45) is 4.19. The highest BCUT2D eigenvalue weighted by Crippen LogP contribution is 2.33. The number of pyridine rings is 1. The number of halogens is 1. The van der Waals surface area contributed by atoms with Gasteiger partial charge in [0.15, 0.2) is 0 Å². The lowest BCUT2D eigenvalue weighted by Crippen LogP contribution is -2.44. The van der Waals surface area contributed by atoms with Gasteiger partial charge in [0.05, 0.1) is 30.0 Å². The van der Waals surface area contributed by atoms with Gasteiger partial charge in [0.25, 0.3) is 0 Å². The highest BCUT2D eigenvalue weighted by atomic mass is 35.5. The molecule has 3 heterocycles. The van der Waals surface area contributed by atoms with Crippen molar-refractivity contribution in [2.24, 2.45) is 5.92 Å². The van der Waals surface area contributed by atoms with Crippen molar-refractivity contribution in [3.05, 3.63) is 59.4 Å². The predicted molar refractivity (Wildman–Crippen MR) is 96.4 cm³/mol. The van der Waals surface area contributed by atoms with Crippen LogP contribution < -0.4 is 5.32 Å². The molecule has 4 rings (SSSR count). The van der Waals surface area contributed by atoms with Crippen LogP contribution in [0.1, 0.15) is 12.0 Å². The number of nitrogens with one attached hydrogen (secondary N) is 1. The lowest BCUT2D eigenvalue weighted by Gasteiger charge is -2.32. The highest BCUT2D eigenvalue weighted by Gasteiger charge is 2.44. The van der Waals surface area contributed by atoms with E-state index in [0.717, 1.165) is 36.8 Å². The Balaban J connectivity index is 1.38. The molecule has 1 aromatic carbocycles. The molecule has 1 N–H and O–H groups in total. The molecule has 2 aliphatic heterocycles. The first-order valence-electron chi connectivity index (χ1n) is 8.50. The fourth-order valence-electron chi connectivity index (χ4n) is 3.66. The molecule has 2 fully saturated rings. The van der Waals surface area contributed by atoms with E-state index in [0.29, 0.717) is 0 Å². The normalized spacial score (nSPS) is 25.7. The third kappa shape index (κ3) is 3.84. The van der Waals surface area contributed by atoms with Gasteiger partial charge in [-0.1, -0.05) is 23.7 Å². The Bertz CT molecular complexity index is 738. The van der Waals surface area contributed by atoms with E-state index in [-0.39, 0.29) is 24.0 Å². The van der Waals surface area contributed by atoms with Crippen LogP contribution in [0.3, 0.4) is 0 Å². The monoisotopic (exact) mass is 357 g/mol. The van der Waals surface area contributed by atoms with Crippen molar-refractivity contribution in [1.82, 2.24) is 9.88 Å². The Kier molecular flexibility index (Phi) is 4.70. The topological polar surface area (TPSA) is 54.5 Å². The summed E-state index contributed by atoms with van der Waals surface area (Å²) < 4.78 is 6.02. The molecule has 0 saturated carbocycles. The SMILES string of the molecule is O=C(Nc1cccnc1)C1CC2CN(Cc3ccc(Cl)cc3)CC1O2. The molecular formula is C19H20ClN3O2. The highest BCUT2D eigenvalue weighted by molar-refractivity contribution is 6.30. The van der Waals surface area contributed by atoms with Gasteiger partial charge >= 0.3 is 0 Å². The van der Waals surface area contributed by atoms with Gasteiger partial charge in [-0.15, -0.1) is 0 Å². The van der Waals surface area contributed by atoms with Crippen LogP contribution in [0, 0.1) is 5.92 Å². The second-order valence-corrected chi connectivity index (χ2v) is 7.13. The number of nitrogens with zero attached hydrogens (tertiary/aromatic N) is 2. The molecule has 0 radical (unpaired) electrons. The van der Waals surface area contributed by atoms with E-state index >= 15 is 0 Å². The third-order valence-corrected chi connectivity index (χ3v) is 5.07. The van der Waals surface area contributed by atoms with Gasteiger partial charge < -0.3 is 10.1 Å². The molecule has 25 heavy (non-hydrogen) atoms. The Hall–Kier alpha value is -1.95. The Labute approximate surface area is 152 Å². The van der Waals surface area contributed by atoms with Crippen LogP contribution in [0.25, 0.3) is 0 Å². The number of benzene rings is 1. The molecule has 2 bridgehead atoms. The molecule has 1 amide bonds. The lowest BCUT2D eigenvalue weighted by atomic mass is 9.99. The summed E-state index contributed by atoms with van der Waals surface area (Å²) >= 11 is 5.95. The number of carbonyl (C=O) groups excluding carboxylic acids is 1. The van der Waals surface area contributed by atoms with Crippen molar-refractivity contribution in [3.63, 3.8) is 0 Å². The van der Waals surface area contributed by atoms with Gasteiger partial charge in [-0.2, -0.15) is 0 Å². The first-order valence-corrected chi connectivity index (χ1v) is 8.88. The first kappa shape index (κ1) is 16.5. The maximum atomic E-state index is 12.6. The smallest absolute Gasteiger partial charge is 0.230 e. The largest absolute Gasteiger partial charge is 0.371 e. The number of fused-ring (bicyclic) bond motifs is 2. The van der Waals surface area contributed by atoms with Crippen LogP contribution in [-0.2, 0) is 16.1 Å². The van der Waals surface area contributed by atoms with E-state index in [1.807, 2.05) is 36.4 Å². The molecule has 5 nitrogen and oxygen atoms in total. The van der Waals surface area contributed by atoms with Gasteiger partial charge in [0, 0.05) is 30.9 Å². The van der Waals surface area contributed by atoms with Crippen molar-refractivity contribution in [2.45, 2.75) is 25.2 Å². The fourth-order valence-corrected chi connectivity index (χ4v) is 3.79. The van der Waals surface area contributed by atoms with Gasteiger partial charge in [0.2, 0.25) is 5.91 Å². The molecular weight excluding hydrogens is 338 g/mol. The van der Waals surface area contributed by atoms with Gasteiger partial charge in [0.1, 0.15) is 0 Å². The molecule has 3 unspecified atom stereocenters. The standard InChI is InChI=1S/C19H20ClN3O2/c20-14-5-3-13(4-6-14)10-23-11-16-8-17(18(12-23)25-16)19(24)22-15-2-1-7-21-9-15/h1-7,9,16-18H,8,10-12H2,(H,22,24). The van der Waals surface area contributed by atoms with Crippen molar-refractivity contribution in [2.75, 3.05) is 18.4 Å². The predicted octanol–water partition coefficient (Wildman–Crippen LogP) is 2.96. The van der Waals surface area contributed by atoms with Crippen LogP contribution in [-0.4, -0.2) is 41.1 Å². The maximum Gasteiger partial charge on any atom is 0.230 e. The van der Waals surface area contributed by atoms with E-state index in [2.05, 4.69) is 15.2 Å². The number of morpholine rings is 1. The number of amides is 1. The number of hydrogen-bond donors (Lipinski definition) is 1. The van der Waals surface area contributed by atoms with Crippen molar-refractivity contribution >= 4 is 23.2 Å². The molecule has 1 aromatic heterocycles. The number of anilines is 1. The zero-order valence-electron chi connectivity index (χ0n) is 13.8. The fraction of sp³-hybridized carbons (Fsp3) is 0.368. The molecule has 2 aromatic rings. The molecule has 2 saturated heterocycles. The second kappa shape index (κ2) is 7.12. The zero-order chi connectivity index (χ0) is 17.2. The third-order valence-electron chi connectivity index (χ3n) is 4.82. The number of aromatic nitrogens is 1. The average molecular weight is 358 g/mol. The van der Waals surface area contributed by atoms with Gasteiger partial charge in [-0.3, -0.25) is 14.7 Å². The van der Waals surface area contributed by atoms with Crippen molar-refractivity contribution in [3.8, 4) is 0 Å². The number of likely N-dealkylation sites (tertiary alicyclic amines) is 1.